The molecule has 1 fully saturated rings. The Morgan fingerprint density at radius 3 is 2.87 bits per heavy atom. The van der Waals surface area contributed by atoms with E-state index in [1.165, 1.54) is 19.3 Å². The molecule has 86 valence electrons. The molecule has 5 heteroatoms. The third-order valence-corrected chi connectivity index (χ3v) is 2.74. The topological polar surface area (TPSA) is 87.7 Å². The lowest BCUT2D eigenvalue weighted by Gasteiger charge is -2.10. The van der Waals surface area contributed by atoms with Gasteiger partial charge in [0.25, 0.3) is 0 Å². The van der Waals surface area contributed by atoms with Crippen LogP contribution in [0.25, 0.3) is 0 Å². The Bertz CT molecular complexity index is 249. The van der Waals surface area contributed by atoms with Gasteiger partial charge in [0.15, 0.2) is 5.84 Å². The smallest absolute Gasteiger partial charge is 0.230 e. The molecular formula is C10H19N3O2. The van der Waals surface area contributed by atoms with E-state index >= 15 is 0 Å². The van der Waals surface area contributed by atoms with Gasteiger partial charge in [0.2, 0.25) is 5.91 Å². The predicted molar refractivity (Wildman–Crippen MR) is 57.5 cm³/mol. The number of carbonyl (C=O) groups is 1. The van der Waals surface area contributed by atoms with Crippen molar-refractivity contribution in [2.24, 2.45) is 22.7 Å². The number of carbonyl (C=O) groups excluding carboxylic acids is 1. The predicted octanol–water partition coefficient (Wildman–Crippen LogP) is 0.675. The van der Waals surface area contributed by atoms with Crippen LogP contribution in [0.5, 0.6) is 0 Å². The van der Waals surface area contributed by atoms with Crippen molar-refractivity contribution in [1.82, 2.24) is 5.32 Å². The fourth-order valence-electron chi connectivity index (χ4n) is 1.38. The van der Waals surface area contributed by atoms with Gasteiger partial charge in [0.1, 0.15) is 0 Å². The lowest BCUT2D eigenvalue weighted by Crippen LogP contribution is -2.37. The van der Waals surface area contributed by atoms with Crippen LogP contribution >= 0.6 is 0 Å². The third kappa shape index (κ3) is 4.18. The molecule has 0 aliphatic heterocycles. The fourth-order valence-corrected chi connectivity index (χ4v) is 1.38. The average molecular weight is 213 g/mol. The van der Waals surface area contributed by atoms with Crippen molar-refractivity contribution < 1.29 is 10.0 Å². The molecule has 0 radical (unpaired) electrons. The number of nitrogens with two attached hydrogens (primary N) is 1. The molecule has 1 rings (SSSR count). The Morgan fingerprint density at radius 2 is 2.33 bits per heavy atom. The highest BCUT2D eigenvalue weighted by molar-refractivity contribution is 6.01. The number of rotatable bonds is 6. The Hall–Kier alpha value is -1.26. The monoisotopic (exact) mass is 213 g/mol. The maximum atomic E-state index is 11.4. The van der Waals surface area contributed by atoms with Gasteiger partial charge in [-0.3, -0.25) is 4.79 Å². The van der Waals surface area contributed by atoms with Crippen LogP contribution in [-0.2, 0) is 4.79 Å². The minimum Gasteiger partial charge on any atom is -0.409 e. The van der Waals surface area contributed by atoms with Gasteiger partial charge < -0.3 is 16.3 Å². The molecule has 1 aliphatic carbocycles. The van der Waals surface area contributed by atoms with E-state index in [0.29, 0.717) is 6.54 Å². The minimum absolute atomic E-state index is 0.0466. The number of amidine groups is 1. The number of nitrogens with one attached hydrogen (secondary N) is 1. The lowest BCUT2D eigenvalue weighted by molar-refractivity contribution is -0.122. The zero-order chi connectivity index (χ0) is 11.3. The van der Waals surface area contributed by atoms with E-state index in [-0.39, 0.29) is 11.7 Å². The molecule has 0 bridgehead atoms. The van der Waals surface area contributed by atoms with Crippen LogP contribution in [0, 0.1) is 11.8 Å². The van der Waals surface area contributed by atoms with Gasteiger partial charge in [-0.15, -0.1) is 0 Å². The maximum absolute atomic E-state index is 11.4. The van der Waals surface area contributed by atoms with Gasteiger partial charge in [-0.1, -0.05) is 18.0 Å². The van der Waals surface area contributed by atoms with Crippen LogP contribution in [0.3, 0.4) is 0 Å². The molecule has 1 aliphatic rings. The van der Waals surface area contributed by atoms with Crippen LogP contribution in [0.1, 0.15) is 32.6 Å². The number of hydrogen-bond donors (Lipinski definition) is 3. The SMILES string of the molecule is CC(C(=O)NCCCC1CC1)C(N)=NO. The van der Waals surface area contributed by atoms with Gasteiger partial charge in [-0.2, -0.15) is 0 Å². The highest BCUT2D eigenvalue weighted by Gasteiger charge is 2.21. The molecule has 0 saturated heterocycles. The molecule has 0 heterocycles. The highest BCUT2D eigenvalue weighted by atomic mass is 16.4. The normalized spacial score (nSPS) is 18.6. The van der Waals surface area contributed by atoms with Crippen molar-refractivity contribution in [2.75, 3.05) is 6.54 Å². The van der Waals surface area contributed by atoms with Gasteiger partial charge in [0, 0.05) is 6.54 Å². The third-order valence-electron chi connectivity index (χ3n) is 2.74. The van der Waals surface area contributed by atoms with Crippen LogP contribution < -0.4 is 11.1 Å². The summed E-state index contributed by atoms with van der Waals surface area (Å²) in [6.45, 7) is 2.30. The number of nitrogens with zero attached hydrogens (tertiary/aromatic N) is 1. The molecule has 0 spiro atoms. The first kappa shape index (κ1) is 11.8. The largest absolute Gasteiger partial charge is 0.409 e. The van der Waals surface area contributed by atoms with E-state index in [1.54, 1.807) is 6.92 Å². The van der Waals surface area contributed by atoms with Gasteiger partial charge in [0.05, 0.1) is 5.92 Å². The second-order valence-electron chi connectivity index (χ2n) is 4.12. The zero-order valence-corrected chi connectivity index (χ0v) is 9.07. The summed E-state index contributed by atoms with van der Waals surface area (Å²) in [5.41, 5.74) is 5.32. The van der Waals surface area contributed by atoms with Crippen LogP contribution in [0.15, 0.2) is 5.16 Å². The zero-order valence-electron chi connectivity index (χ0n) is 9.07. The van der Waals surface area contributed by atoms with Gasteiger partial charge >= 0.3 is 0 Å². The maximum Gasteiger partial charge on any atom is 0.230 e. The van der Waals surface area contributed by atoms with Crippen molar-refractivity contribution in [3.05, 3.63) is 0 Å². The van der Waals surface area contributed by atoms with E-state index in [1.807, 2.05) is 0 Å². The van der Waals surface area contributed by atoms with Crippen molar-refractivity contribution in [1.29, 1.82) is 0 Å². The number of hydrogen-bond acceptors (Lipinski definition) is 3. The molecule has 1 saturated carbocycles. The molecule has 0 aromatic heterocycles. The Morgan fingerprint density at radius 1 is 1.67 bits per heavy atom. The summed E-state index contributed by atoms with van der Waals surface area (Å²) in [5, 5.41) is 14.0. The quantitative estimate of drug-likeness (QED) is 0.199. The van der Waals surface area contributed by atoms with Crippen LogP contribution in [0.2, 0.25) is 0 Å². The Balaban J connectivity index is 2.10. The first-order chi connectivity index (χ1) is 7.15. The lowest BCUT2D eigenvalue weighted by atomic mass is 10.1. The molecule has 1 unspecified atom stereocenters. The van der Waals surface area contributed by atoms with E-state index in [9.17, 15) is 4.79 Å². The summed E-state index contributed by atoms with van der Waals surface area (Å²) < 4.78 is 0. The fraction of sp³-hybridized carbons (Fsp3) is 0.800. The van der Waals surface area contributed by atoms with Crippen molar-refractivity contribution in [3.63, 3.8) is 0 Å². The Labute approximate surface area is 89.7 Å². The summed E-state index contributed by atoms with van der Waals surface area (Å²) in [6.07, 6.45) is 4.89. The molecule has 15 heavy (non-hydrogen) atoms. The van der Waals surface area contributed by atoms with E-state index < -0.39 is 5.92 Å². The first-order valence-corrected chi connectivity index (χ1v) is 5.40. The minimum atomic E-state index is -0.559. The van der Waals surface area contributed by atoms with Crippen molar-refractivity contribution >= 4 is 11.7 Å². The van der Waals surface area contributed by atoms with Crippen molar-refractivity contribution in [3.8, 4) is 0 Å². The second-order valence-corrected chi connectivity index (χ2v) is 4.12. The Kier molecular flexibility index (Phi) is 4.39. The molecule has 0 aromatic carbocycles. The molecule has 0 aromatic rings. The second kappa shape index (κ2) is 5.58. The molecular weight excluding hydrogens is 194 g/mol. The van der Waals surface area contributed by atoms with Crippen LogP contribution in [-0.4, -0.2) is 23.5 Å². The molecule has 4 N–H and O–H groups in total. The summed E-state index contributed by atoms with van der Waals surface area (Å²) in [6, 6.07) is 0. The summed E-state index contributed by atoms with van der Waals surface area (Å²) in [4.78, 5) is 11.4. The first-order valence-electron chi connectivity index (χ1n) is 5.40. The van der Waals surface area contributed by atoms with Gasteiger partial charge in [-0.05, 0) is 25.7 Å². The van der Waals surface area contributed by atoms with E-state index in [4.69, 9.17) is 10.9 Å². The summed E-state index contributed by atoms with van der Waals surface area (Å²) >= 11 is 0. The molecule has 5 nitrogen and oxygen atoms in total. The average Bonchev–Trinajstić information content (AvgIpc) is 3.05. The standard InChI is InChI=1S/C10H19N3O2/c1-7(9(11)13-15)10(14)12-6-2-3-8-4-5-8/h7-8,15H,2-6H2,1H3,(H2,11,13)(H,12,14). The van der Waals surface area contributed by atoms with Crippen LogP contribution in [0.4, 0.5) is 0 Å². The summed E-state index contributed by atoms with van der Waals surface area (Å²) in [7, 11) is 0. The van der Waals surface area contributed by atoms with Crippen molar-refractivity contribution in [2.45, 2.75) is 32.6 Å². The van der Waals surface area contributed by atoms with E-state index in [0.717, 1.165) is 12.3 Å². The number of oxime groups is 1. The van der Waals surface area contributed by atoms with Gasteiger partial charge in [-0.25, -0.2) is 0 Å². The summed E-state index contributed by atoms with van der Waals surface area (Å²) in [5.74, 6) is 0.107. The number of amides is 1. The molecule has 1 amide bonds. The molecule has 1 atom stereocenters. The highest BCUT2D eigenvalue weighted by Crippen LogP contribution is 2.33. The van der Waals surface area contributed by atoms with E-state index in [2.05, 4.69) is 10.5 Å².